The zero-order chi connectivity index (χ0) is 19.1. The first-order valence-corrected chi connectivity index (χ1v) is 8.91. The molecule has 0 saturated carbocycles. The molecule has 6 nitrogen and oxygen atoms in total. The molecule has 0 N–H and O–H groups in total. The summed E-state index contributed by atoms with van der Waals surface area (Å²) in [4.78, 5) is 32.4. The van der Waals surface area contributed by atoms with Crippen LogP contribution >= 0.6 is 12.3 Å². The number of pyridine rings is 2. The number of amides is 1. The quantitative estimate of drug-likeness (QED) is 0.599. The molecule has 3 rings (SSSR count). The van der Waals surface area contributed by atoms with Gasteiger partial charge in [0.05, 0.1) is 12.7 Å². The fourth-order valence-corrected chi connectivity index (χ4v) is 3.09. The van der Waals surface area contributed by atoms with Gasteiger partial charge in [0.2, 0.25) is 5.91 Å². The average molecular weight is 377 g/mol. The molecule has 0 spiro atoms. The molecule has 1 unspecified atom stereocenters. The number of carbonyl (C=O) groups is 2. The van der Waals surface area contributed by atoms with Gasteiger partial charge in [0.1, 0.15) is 5.82 Å². The zero-order valence-corrected chi connectivity index (χ0v) is 15.6. The lowest BCUT2D eigenvalue weighted by atomic mass is 10.1. The van der Waals surface area contributed by atoms with E-state index in [4.69, 9.17) is 0 Å². The largest absolute Gasteiger partial charge is 0.465 e. The maximum absolute atomic E-state index is 13.3. The summed E-state index contributed by atoms with van der Waals surface area (Å²) in [6.07, 6.45) is 3.73. The van der Waals surface area contributed by atoms with Crippen molar-refractivity contribution in [1.82, 2.24) is 9.97 Å². The number of nitrogens with zero attached hydrogens (tertiary/aromatic N) is 3. The standard InChI is InChI=1S/C16H14FN3O3S.C2H6/c1-23-16(22)12-7-10-6-11(8-13(10)19-9-12)15(21)20(24-17)14-4-2-3-5-18-14;1-2/h2-5,7,9,11H,6,8H2,1H3;1-2H3. The van der Waals surface area contributed by atoms with E-state index in [0.29, 0.717) is 18.4 Å². The van der Waals surface area contributed by atoms with Crippen molar-refractivity contribution in [3.63, 3.8) is 0 Å². The number of fused-ring (bicyclic) bond motifs is 1. The van der Waals surface area contributed by atoms with Gasteiger partial charge in [-0.25, -0.2) is 14.1 Å². The number of esters is 1. The van der Waals surface area contributed by atoms with Crippen LogP contribution < -0.4 is 4.31 Å². The molecule has 0 aromatic carbocycles. The van der Waals surface area contributed by atoms with Crippen molar-refractivity contribution in [1.29, 1.82) is 0 Å². The van der Waals surface area contributed by atoms with Crippen LogP contribution in [0.25, 0.3) is 0 Å². The Bertz CT molecular complexity index is 774. The Morgan fingerprint density at radius 1 is 1.27 bits per heavy atom. The minimum atomic E-state index is -0.477. The Morgan fingerprint density at radius 3 is 2.65 bits per heavy atom. The second-order valence-corrected chi connectivity index (χ2v) is 5.82. The van der Waals surface area contributed by atoms with E-state index in [0.717, 1.165) is 15.6 Å². The molecule has 1 amide bonds. The van der Waals surface area contributed by atoms with E-state index >= 15 is 0 Å². The third-order valence-electron chi connectivity index (χ3n) is 3.86. The van der Waals surface area contributed by atoms with Gasteiger partial charge < -0.3 is 4.74 Å². The van der Waals surface area contributed by atoms with Crippen molar-refractivity contribution in [3.8, 4) is 0 Å². The van der Waals surface area contributed by atoms with Gasteiger partial charge in [-0.2, -0.15) is 0 Å². The average Bonchev–Trinajstić information content (AvgIpc) is 3.13. The Morgan fingerprint density at radius 2 is 2.04 bits per heavy atom. The fourth-order valence-electron chi connectivity index (χ4n) is 2.70. The van der Waals surface area contributed by atoms with Gasteiger partial charge in [-0.3, -0.25) is 9.78 Å². The Hall–Kier alpha value is -2.48. The second-order valence-electron chi connectivity index (χ2n) is 5.32. The maximum atomic E-state index is 13.3. The van der Waals surface area contributed by atoms with Crippen LogP contribution in [0.2, 0.25) is 0 Å². The van der Waals surface area contributed by atoms with Crippen LogP contribution in [-0.2, 0) is 22.4 Å². The number of halogens is 1. The van der Waals surface area contributed by atoms with Gasteiger partial charge in [0.25, 0.3) is 0 Å². The molecule has 0 fully saturated rings. The summed E-state index contributed by atoms with van der Waals surface area (Å²) in [5.41, 5.74) is 1.89. The Balaban J connectivity index is 0.00000117. The van der Waals surface area contributed by atoms with Crippen molar-refractivity contribution in [2.45, 2.75) is 26.7 Å². The van der Waals surface area contributed by atoms with Crippen LogP contribution in [0, 0.1) is 5.92 Å². The fraction of sp³-hybridized carbons (Fsp3) is 0.333. The monoisotopic (exact) mass is 377 g/mol. The summed E-state index contributed by atoms with van der Waals surface area (Å²) in [7, 11) is 1.30. The van der Waals surface area contributed by atoms with Gasteiger partial charge >= 0.3 is 5.97 Å². The number of ether oxygens (including phenoxy) is 1. The summed E-state index contributed by atoms with van der Waals surface area (Å²) in [6.45, 7) is 4.00. The lowest BCUT2D eigenvalue weighted by Crippen LogP contribution is -2.31. The molecule has 138 valence electrons. The third kappa shape index (κ3) is 4.19. The highest BCUT2D eigenvalue weighted by Crippen LogP contribution is 2.31. The summed E-state index contributed by atoms with van der Waals surface area (Å²) < 4.78 is 18.9. The second kappa shape index (κ2) is 9.28. The normalized spacial score (nSPS) is 14.7. The van der Waals surface area contributed by atoms with Gasteiger partial charge in [0, 0.05) is 30.4 Å². The smallest absolute Gasteiger partial charge is 0.339 e. The minimum Gasteiger partial charge on any atom is -0.465 e. The highest BCUT2D eigenvalue weighted by atomic mass is 32.2. The molecule has 2 heterocycles. The van der Waals surface area contributed by atoms with Crippen LogP contribution in [0.1, 0.15) is 35.5 Å². The van der Waals surface area contributed by atoms with E-state index in [9.17, 15) is 13.5 Å². The molecule has 2 aromatic heterocycles. The van der Waals surface area contributed by atoms with Crippen molar-refractivity contribution in [3.05, 3.63) is 53.5 Å². The zero-order valence-electron chi connectivity index (χ0n) is 14.8. The van der Waals surface area contributed by atoms with E-state index < -0.39 is 11.9 Å². The first-order chi connectivity index (χ1) is 12.6. The highest BCUT2D eigenvalue weighted by molar-refractivity contribution is 7.96. The molecule has 0 radical (unpaired) electrons. The first-order valence-electron chi connectivity index (χ1n) is 8.24. The molecule has 0 bridgehead atoms. The predicted octanol–water partition coefficient (Wildman–Crippen LogP) is 3.57. The number of methoxy groups -OCH3 is 1. The van der Waals surface area contributed by atoms with Crippen molar-refractivity contribution < 1.29 is 18.2 Å². The van der Waals surface area contributed by atoms with Gasteiger partial charge in [-0.15, -0.1) is 3.89 Å². The first kappa shape index (κ1) is 19.8. The van der Waals surface area contributed by atoms with Crippen LogP contribution in [0.4, 0.5) is 9.70 Å². The number of hydrogen-bond donors (Lipinski definition) is 0. The molecular formula is C18H20FN3O3S. The third-order valence-corrected chi connectivity index (χ3v) is 4.37. The van der Waals surface area contributed by atoms with Crippen molar-refractivity contribution >= 4 is 30.0 Å². The maximum Gasteiger partial charge on any atom is 0.339 e. The molecule has 8 heteroatoms. The van der Waals surface area contributed by atoms with Gasteiger partial charge in [-0.1, -0.05) is 19.9 Å². The van der Waals surface area contributed by atoms with Crippen LogP contribution in [0.15, 0.2) is 36.7 Å². The van der Waals surface area contributed by atoms with Crippen molar-refractivity contribution in [2.24, 2.45) is 5.92 Å². The topological polar surface area (TPSA) is 72.4 Å². The molecule has 1 atom stereocenters. The van der Waals surface area contributed by atoms with E-state index in [1.54, 1.807) is 24.3 Å². The molecule has 1 aliphatic rings. The molecular weight excluding hydrogens is 357 g/mol. The van der Waals surface area contributed by atoms with Crippen LogP contribution in [0.3, 0.4) is 0 Å². The summed E-state index contributed by atoms with van der Waals surface area (Å²) >= 11 is -0.165. The number of carbonyl (C=O) groups excluding carboxylic acids is 2. The number of aromatic nitrogens is 2. The van der Waals surface area contributed by atoms with Crippen LogP contribution in [-0.4, -0.2) is 29.0 Å². The van der Waals surface area contributed by atoms with E-state index in [-0.39, 0.29) is 24.1 Å². The summed E-state index contributed by atoms with van der Waals surface area (Å²) in [6, 6.07) is 6.63. The van der Waals surface area contributed by atoms with Gasteiger partial charge in [-0.05, 0) is 30.2 Å². The van der Waals surface area contributed by atoms with E-state index in [1.807, 2.05) is 13.8 Å². The minimum absolute atomic E-state index is 0.165. The summed E-state index contributed by atoms with van der Waals surface area (Å²) in [5.74, 6) is -1.05. The summed E-state index contributed by atoms with van der Waals surface area (Å²) in [5, 5.41) is 0. The van der Waals surface area contributed by atoms with Crippen molar-refractivity contribution in [2.75, 3.05) is 11.4 Å². The predicted molar refractivity (Wildman–Crippen MR) is 98.2 cm³/mol. The Labute approximate surface area is 156 Å². The molecule has 1 aliphatic carbocycles. The van der Waals surface area contributed by atoms with E-state index in [2.05, 4.69) is 14.7 Å². The number of anilines is 1. The number of rotatable bonds is 4. The highest BCUT2D eigenvalue weighted by Gasteiger charge is 2.34. The molecule has 2 aromatic rings. The molecule has 0 saturated heterocycles. The lowest BCUT2D eigenvalue weighted by molar-refractivity contribution is -0.120. The van der Waals surface area contributed by atoms with E-state index in [1.165, 1.54) is 19.5 Å². The number of hydrogen-bond acceptors (Lipinski definition) is 6. The Kier molecular flexibility index (Phi) is 7.08. The lowest BCUT2D eigenvalue weighted by Gasteiger charge is -2.18. The van der Waals surface area contributed by atoms with Gasteiger partial charge in [0.15, 0.2) is 12.3 Å². The molecule has 0 aliphatic heterocycles. The SMILES string of the molecule is CC.COC(=O)c1cnc2c(c1)CC(C(=O)N(SF)c1ccccn1)C2. The van der Waals surface area contributed by atoms with Crippen LogP contribution in [0.5, 0.6) is 0 Å². The molecule has 26 heavy (non-hydrogen) atoms.